The Morgan fingerprint density at radius 1 is 1.43 bits per heavy atom. The molecule has 0 aliphatic rings. The summed E-state index contributed by atoms with van der Waals surface area (Å²) in [6.45, 7) is 0.845. The Morgan fingerprint density at radius 3 is 2.90 bits per heavy atom. The Hall–Kier alpha value is -2.65. The van der Waals surface area contributed by atoms with Crippen molar-refractivity contribution in [1.29, 1.82) is 0 Å². The first-order valence-corrected chi connectivity index (χ1v) is 6.60. The van der Waals surface area contributed by atoms with Crippen molar-refractivity contribution in [3.05, 3.63) is 47.5 Å². The summed E-state index contributed by atoms with van der Waals surface area (Å²) < 4.78 is 1.74. The molecular formula is C15H17N5O. The topological polar surface area (TPSA) is 85.8 Å². The molecule has 0 saturated carbocycles. The summed E-state index contributed by atoms with van der Waals surface area (Å²) in [6.07, 6.45) is 6.02. The lowest BCUT2D eigenvalue weighted by atomic mass is 10.2. The number of pyridine rings is 1. The van der Waals surface area contributed by atoms with Crippen LogP contribution >= 0.6 is 0 Å². The van der Waals surface area contributed by atoms with Crippen LogP contribution in [0.1, 0.15) is 21.6 Å². The average molecular weight is 283 g/mol. The highest BCUT2D eigenvalue weighted by Gasteiger charge is 2.06. The van der Waals surface area contributed by atoms with E-state index in [9.17, 15) is 4.79 Å². The number of nitrogens with zero attached hydrogens (tertiary/aromatic N) is 3. The molecule has 2 rings (SSSR count). The number of aromatic nitrogens is 3. The molecule has 3 N–H and O–H groups in total. The van der Waals surface area contributed by atoms with Crippen molar-refractivity contribution in [3.8, 4) is 11.8 Å². The number of amides is 1. The van der Waals surface area contributed by atoms with Gasteiger partial charge in [-0.25, -0.2) is 4.98 Å². The minimum atomic E-state index is -0.197. The summed E-state index contributed by atoms with van der Waals surface area (Å²) in [4.78, 5) is 16.0. The molecule has 0 aliphatic carbocycles. The fraction of sp³-hybridized carbons (Fsp3) is 0.267. The molecular weight excluding hydrogens is 266 g/mol. The summed E-state index contributed by atoms with van der Waals surface area (Å²) >= 11 is 0. The molecule has 1 amide bonds. The van der Waals surface area contributed by atoms with Gasteiger partial charge in [0.15, 0.2) is 0 Å². The summed E-state index contributed by atoms with van der Waals surface area (Å²) in [6, 6.07) is 3.41. The first kappa shape index (κ1) is 14.8. The summed E-state index contributed by atoms with van der Waals surface area (Å²) in [5.41, 5.74) is 7.49. The maximum Gasteiger partial charge on any atom is 0.269 e. The molecule has 0 bridgehead atoms. The van der Waals surface area contributed by atoms with Crippen molar-refractivity contribution in [2.24, 2.45) is 12.8 Å². The Bertz CT molecular complexity index is 663. The van der Waals surface area contributed by atoms with Crippen LogP contribution in [0, 0.1) is 11.8 Å². The van der Waals surface area contributed by atoms with Crippen molar-refractivity contribution in [2.75, 3.05) is 13.1 Å². The predicted octanol–water partition coefficient (Wildman–Crippen LogP) is 0.0978. The van der Waals surface area contributed by atoms with Crippen molar-refractivity contribution in [3.63, 3.8) is 0 Å². The Labute approximate surface area is 123 Å². The van der Waals surface area contributed by atoms with Gasteiger partial charge in [-0.05, 0) is 24.1 Å². The highest BCUT2D eigenvalue weighted by Crippen LogP contribution is 2.00. The lowest BCUT2D eigenvalue weighted by Crippen LogP contribution is -2.26. The van der Waals surface area contributed by atoms with Crippen molar-refractivity contribution in [1.82, 2.24) is 20.1 Å². The first-order valence-electron chi connectivity index (χ1n) is 6.60. The van der Waals surface area contributed by atoms with E-state index in [4.69, 9.17) is 5.73 Å². The Morgan fingerprint density at radius 2 is 2.29 bits per heavy atom. The number of hydrogen-bond acceptors (Lipinski definition) is 4. The molecule has 2 aromatic heterocycles. The summed E-state index contributed by atoms with van der Waals surface area (Å²) in [7, 11) is 1.86. The van der Waals surface area contributed by atoms with E-state index in [-0.39, 0.29) is 5.91 Å². The molecule has 6 heteroatoms. The third-order valence-corrected chi connectivity index (χ3v) is 2.79. The summed E-state index contributed by atoms with van der Waals surface area (Å²) in [5, 5.41) is 6.90. The number of carbonyl (C=O) groups is 1. The van der Waals surface area contributed by atoms with Gasteiger partial charge in [0.05, 0.1) is 12.7 Å². The van der Waals surface area contributed by atoms with E-state index in [1.54, 1.807) is 29.2 Å². The number of nitrogens with one attached hydrogen (secondary N) is 1. The van der Waals surface area contributed by atoms with Crippen molar-refractivity contribution < 1.29 is 4.79 Å². The van der Waals surface area contributed by atoms with E-state index < -0.39 is 0 Å². The van der Waals surface area contributed by atoms with E-state index >= 15 is 0 Å². The van der Waals surface area contributed by atoms with Gasteiger partial charge in [0.1, 0.15) is 5.69 Å². The maximum absolute atomic E-state index is 11.9. The van der Waals surface area contributed by atoms with Gasteiger partial charge in [0.25, 0.3) is 5.91 Å². The zero-order valence-corrected chi connectivity index (χ0v) is 11.8. The minimum Gasteiger partial charge on any atom is -0.350 e. The van der Waals surface area contributed by atoms with Gasteiger partial charge in [0, 0.05) is 31.5 Å². The molecule has 6 nitrogen and oxygen atoms in total. The zero-order chi connectivity index (χ0) is 15.1. The number of nitrogens with two attached hydrogens (primary N) is 1. The molecule has 0 aliphatic heterocycles. The molecule has 0 saturated heterocycles. The SMILES string of the molecule is Cn1cc(CCNC(=O)c2ccc(C#CCN)cn2)cn1. The van der Waals surface area contributed by atoms with E-state index in [1.807, 2.05) is 13.2 Å². The second-order valence-corrected chi connectivity index (χ2v) is 4.47. The molecule has 108 valence electrons. The fourth-order valence-electron chi connectivity index (χ4n) is 1.77. The predicted molar refractivity (Wildman–Crippen MR) is 79.4 cm³/mol. The number of aryl methyl sites for hydroxylation is 1. The van der Waals surface area contributed by atoms with Crippen LogP contribution in [-0.2, 0) is 13.5 Å². The summed E-state index contributed by atoms with van der Waals surface area (Å²) in [5.74, 6) is 5.40. The Balaban J connectivity index is 1.85. The van der Waals surface area contributed by atoms with Gasteiger partial charge in [0.2, 0.25) is 0 Å². The smallest absolute Gasteiger partial charge is 0.269 e. The van der Waals surface area contributed by atoms with E-state index in [2.05, 4.69) is 27.2 Å². The average Bonchev–Trinajstić information content (AvgIpc) is 2.91. The van der Waals surface area contributed by atoms with Crippen molar-refractivity contribution >= 4 is 5.91 Å². The molecule has 2 heterocycles. The number of carbonyl (C=O) groups excluding carboxylic acids is 1. The van der Waals surface area contributed by atoms with Gasteiger partial charge < -0.3 is 11.1 Å². The van der Waals surface area contributed by atoms with Gasteiger partial charge >= 0.3 is 0 Å². The molecule has 0 radical (unpaired) electrons. The molecule has 2 aromatic rings. The van der Waals surface area contributed by atoms with Gasteiger partial charge in [-0.15, -0.1) is 0 Å². The molecule has 0 aromatic carbocycles. The molecule has 0 atom stereocenters. The van der Waals surface area contributed by atoms with E-state index in [1.165, 1.54) is 0 Å². The van der Waals surface area contributed by atoms with Crippen LogP contribution < -0.4 is 11.1 Å². The lowest BCUT2D eigenvalue weighted by molar-refractivity contribution is 0.0949. The van der Waals surface area contributed by atoms with E-state index in [0.717, 1.165) is 17.5 Å². The Kier molecular flexibility index (Phi) is 5.07. The van der Waals surface area contributed by atoms with Crippen LogP contribution in [0.4, 0.5) is 0 Å². The van der Waals surface area contributed by atoms with Crippen LogP contribution in [0.15, 0.2) is 30.7 Å². The normalized spacial score (nSPS) is 9.81. The molecule has 0 fully saturated rings. The first-order chi connectivity index (χ1) is 10.2. The quantitative estimate of drug-likeness (QED) is 0.779. The fourth-order valence-corrected chi connectivity index (χ4v) is 1.77. The van der Waals surface area contributed by atoms with Gasteiger partial charge in [-0.2, -0.15) is 5.10 Å². The second-order valence-electron chi connectivity index (χ2n) is 4.47. The van der Waals surface area contributed by atoms with Gasteiger partial charge in [-0.1, -0.05) is 11.8 Å². The third-order valence-electron chi connectivity index (χ3n) is 2.79. The second kappa shape index (κ2) is 7.22. The lowest BCUT2D eigenvalue weighted by Gasteiger charge is -2.03. The molecule has 0 unspecified atom stereocenters. The van der Waals surface area contributed by atoms with Crippen molar-refractivity contribution in [2.45, 2.75) is 6.42 Å². The standard InChI is InChI=1S/C15H17N5O/c1-20-11-13(10-19-20)6-8-17-15(21)14-5-4-12(9-18-14)3-2-7-16/h4-5,9-11H,6-8,16H2,1H3,(H,17,21). The monoisotopic (exact) mass is 283 g/mol. The van der Waals surface area contributed by atoms with Crippen LogP contribution in [0.5, 0.6) is 0 Å². The highest BCUT2D eigenvalue weighted by molar-refractivity contribution is 5.92. The largest absolute Gasteiger partial charge is 0.350 e. The molecule has 0 spiro atoms. The number of rotatable bonds is 4. The van der Waals surface area contributed by atoms with Crippen LogP contribution in [0.3, 0.4) is 0 Å². The number of hydrogen-bond donors (Lipinski definition) is 2. The van der Waals surface area contributed by atoms with Crippen LogP contribution in [0.2, 0.25) is 0 Å². The van der Waals surface area contributed by atoms with Crippen LogP contribution in [0.25, 0.3) is 0 Å². The third kappa shape index (κ3) is 4.44. The molecule has 21 heavy (non-hydrogen) atoms. The highest BCUT2D eigenvalue weighted by atomic mass is 16.1. The van der Waals surface area contributed by atoms with E-state index in [0.29, 0.717) is 18.8 Å². The minimum absolute atomic E-state index is 0.197. The zero-order valence-electron chi connectivity index (χ0n) is 11.8. The maximum atomic E-state index is 11.9. The van der Waals surface area contributed by atoms with Gasteiger partial charge in [-0.3, -0.25) is 9.48 Å². The van der Waals surface area contributed by atoms with Crippen LogP contribution in [-0.4, -0.2) is 33.8 Å².